The van der Waals surface area contributed by atoms with Gasteiger partial charge in [-0.15, -0.1) is 0 Å². The molecule has 0 aromatic heterocycles. The van der Waals surface area contributed by atoms with Crippen LogP contribution in [0.5, 0.6) is 0 Å². The summed E-state index contributed by atoms with van der Waals surface area (Å²) in [4.78, 5) is 11.2. The van der Waals surface area contributed by atoms with E-state index in [0.717, 1.165) is 25.7 Å². The van der Waals surface area contributed by atoms with Crippen molar-refractivity contribution in [2.24, 2.45) is 11.7 Å². The van der Waals surface area contributed by atoms with Crippen molar-refractivity contribution in [2.45, 2.75) is 57.7 Å². The fourth-order valence-corrected chi connectivity index (χ4v) is 2.11. The summed E-state index contributed by atoms with van der Waals surface area (Å²) in [5.41, 5.74) is 5.83. The van der Waals surface area contributed by atoms with Crippen LogP contribution in [0, 0.1) is 5.92 Å². The molecule has 15 heavy (non-hydrogen) atoms. The Morgan fingerprint density at radius 2 is 1.87 bits per heavy atom. The quantitative estimate of drug-likeness (QED) is 0.636. The van der Waals surface area contributed by atoms with E-state index in [1.54, 1.807) is 0 Å². The molecule has 1 rings (SSSR count). The lowest BCUT2D eigenvalue weighted by atomic mass is 9.82. The van der Waals surface area contributed by atoms with E-state index in [-0.39, 0.29) is 18.0 Å². The van der Waals surface area contributed by atoms with E-state index in [4.69, 9.17) is 10.8 Å². The van der Waals surface area contributed by atoms with Gasteiger partial charge < -0.3 is 16.2 Å². The van der Waals surface area contributed by atoms with E-state index < -0.39 is 6.10 Å². The molecule has 4 N–H and O–H groups in total. The number of carbonyl (C=O) groups excluding carboxylic acids is 1. The van der Waals surface area contributed by atoms with Gasteiger partial charge in [0.05, 0.1) is 0 Å². The zero-order chi connectivity index (χ0) is 11.4. The van der Waals surface area contributed by atoms with Gasteiger partial charge in [0, 0.05) is 12.1 Å². The Hall–Kier alpha value is -0.610. The van der Waals surface area contributed by atoms with Crippen molar-refractivity contribution in [3.05, 3.63) is 0 Å². The van der Waals surface area contributed by atoms with Gasteiger partial charge in [0.15, 0.2) is 0 Å². The van der Waals surface area contributed by atoms with Gasteiger partial charge in [0.1, 0.15) is 6.10 Å². The number of aliphatic hydroxyl groups excluding tert-OH is 1. The summed E-state index contributed by atoms with van der Waals surface area (Å²) in [5.74, 6) is 0.323. The number of aliphatic hydroxyl groups is 1. The first kappa shape index (κ1) is 12.5. The molecule has 0 saturated heterocycles. The number of carbonyl (C=O) groups is 1. The molecule has 0 spiro atoms. The zero-order valence-corrected chi connectivity index (χ0v) is 9.57. The van der Waals surface area contributed by atoms with Crippen molar-refractivity contribution in [3.8, 4) is 0 Å². The number of hydrogen-bond donors (Lipinski definition) is 3. The van der Waals surface area contributed by atoms with Gasteiger partial charge in [0.25, 0.3) is 0 Å². The number of nitrogens with one attached hydrogen (secondary N) is 1. The molecule has 0 bridgehead atoms. The summed E-state index contributed by atoms with van der Waals surface area (Å²) in [5, 5.41) is 11.9. The van der Waals surface area contributed by atoms with Crippen molar-refractivity contribution in [3.63, 3.8) is 0 Å². The van der Waals surface area contributed by atoms with Gasteiger partial charge >= 0.3 is 0 Å². The van der Waals surface area contributed by atoms with Crippen LogP contribution in [-0.4, -0.2) is 29.2 Å². The maximum Gasteiger partial charge on any atom is 0.248 e. The summed E-state index contributed by atoms with van der Waals surface area (Å²) < 4.78 is 0. The first-order chi connectivity index (χ1) is 7.00. The predicted molar refractivity (Wildman–Crippen MR) is 59.2 cm³/mol. The lowest BCUT2D eigenvalue weighted by Crippen LogP contribution is -2.43. The molecule has 2 atom stereocenters. The van der Waals surface area contributed by atoms with Crippen LogP contribution < -0.4 is 11.1 Å². The molecule has 1 fully saturated rings. The van der Waals surface area contributed by atoms with Crippen molar-refractivity contribution in [1.29, 1.82) is 0 Å². The minimum atomic E-state index is -0.906. The molecule has 0 radical (unpaired) electrons. The summed E-state index contributed by atoms with van der Waals surface area (Å²) in [6, 6.07) is 0.473. The molecule has 1 aliphatic carbocycles. The largest absolute Gasteiger partial charge is 0.384 e. The first-order valence-electron chi connectivity index (χ1n) is 5.74. The average molecular weight is 214 g/mol. The minimum Gasteiger partial charge on any atom is -0.384 e. The highest BCUT2D eigenvalue weighted by molar-refractivity contribution is 5.80. The van der Waals surface area contributed by atoms with Crippen LogP contribution in [0.1, 0.15) is 39.5 Å². The summed E-state index contributed by atoms with van der Waals surface area (Å²) in [6.45, 7) is 3.53. The highest BCUT2D eigenvalue weighted by Crippen LogP contribution is 2.26. The Bertz CT molecular complexity index is 209. The van der Waals surface area contributed by atoms with Crippen LogP contribution >= 0.6 is 0 Å². The average Bonchev–Trinajstić information content (AvgIpc) is 2.18. The number of hydrogen-bond acceptors (Lipinski definition) is 3. The van der Waals surface area contributed by atoms with Gasteiger partial charge in [-0.3, -0.25) is 4.79 Å². The van der Waals surface area contributed by atoms with Crippen molar-refractivity contribution < 1.29 is 9.90 Å². The molecule has 1 amide bonds. The smallest absolute Gasteiger partial charge is 0.248 e. The fraction of sp³-hybridized carbons (Fsp3) is 0.909. The number of rotatable bonds is 3. The second kappa shape index (κ2) is 5.47. The molecule has 0 aromatic carbocycles. The van der Waals surface area contributed by atoms with Gasteiger partial charge in [-0.2, -0.15) is 0 Å². The van der Waals surface area contributed by atoms with Crippen LogP contribution in [-0.2, 0) is 4.79 Å². The lowest BCUT2D eigenvalue weighted by Gasteiger charge is -2.31. The first-order valence-corrected chi connectivity index (χ1v) is 5.74. The van der Waals surface area contributed by atoms with Gasteiger partial charge in [0.2, 0.25) is 5.91 Å². The van der Waals surface area contributed by atoms with Crippen molar-refractivity contribution >= 4 is 5.91 Å². The normalized spacial score (nSPS) is 30.7. The van der Waals surface area contributed by atoms with E-state index in [2.05, 4.69) is 5.32 Å². The van der Waals surface area contributed by atoms with E-state index in [1.807, 2.05) is 6.92 Å². The Morgan fingerprint density at radius 1 is 1.33 bits per heavy atom. The molecule has 0 unspecified atom stereocenters. The SMILES string of the molecule is C[C@@H](O)C(=O)NC1CCC([C@@H](C)N)CC1. The van der Waals surface area contributed by atoms with Gasteiger partial charge in [-0.1, -0.05) is 0 Å². The van der Waals surface area contributed by atoms with Crippen LogP contribution in [0.25, 0.3) is 0 Å². The third-order valence-electron chi connectivity index (χ3n) is 3.24. The highest BCUT2D eigenvalue weighted by atomic mass is 16.3. The van der Waals surface area contributed by atoms with Crippen molar-refractivity contribution in [2.75, 3.05) is 0 Å². The number of nitrogens with two attached hydrogens (primary N) is 1. The number of amides is 1. The molecule has 0 aliphatic heterocycles. The lowest BCUT2D eigenvalue weighted by molar-refractivity contribution is -0.129. The second-order valence-corrected chi connectivity index (χ2v) is 4.66. The highest BCUT2D eigenvalue weighted by Gasteiger charge is 2.25. The topological polar surface area (TPSA) is 75.3 Å². The molecule has 0 aromatic rings. The van der Waals surface area contributed by atoms with Crippen molar-refractivity contribution in [1.82, 2.24) is 5.32 Å². The standard InChI is InChI=1S/C11H22N2O2/c1-7(12)9-3-5-10(6-4-9)13-11(15)8(2)14/h7-10,14H,3-6,12H2,1-2H3,(H,13,15)/t7-,8-,9?,10?/m1/s1. The molecule has 1 saturated carbocycles. The minimum absolute atomic E-state index is 0.224. The molecule has 4 heteroatoms. The molecule has 4 nitrogen and oxygen atoms in total. The summed E-state index contributed by atoms with van der Waals surface area (Å²) in [7, 11) is 0. The summed E-state index contributed by atoms with van der Waals surface area (Å²) >= 11 is 0. The van der Waals surface area contributed by atoms with Gasteiger partial charge in [-0.25, -0.2) is 0 Å². The maximum atomic E-state index is 11.2. The Kier molecular flexibility index (Phi) is 4.54. The third kappa shape index (κ3) is 3.80. The van der Waals surface area contributed by atoms with E-state index >= 15 is 0 Å². The van der Waals surface area contributed by atoms with Crippen LogP contribution in [0.2, 0.25) is 0 Å². The summed E-state index contributed by atoms with van der Waals surface area (Å²) in [6.07, 6.45) is 3.19. The molecule has 1 aliphatic rings. The Labute approximate surface area is 91.2 Å². The van der Waals surface area contributed by atoms with Crippen LogP contribution in [0.4, 0.5) is 0 Å². The molecular formula is C11H22N2O2. The van der Waals surface area contributed by atoms with E-state index in [0.29, 0.717) is 5.92 Å². The van der Waals surface area contributed by atoms with E-state index in [9.17, 15) is 4.79 Å². The second-order valence-electron chi connectivity index (χ2n) is 4.66. The van der Waals surface area contributed by atoms with Crippen LogP contribution in [0.3, 0.4) is 0 Å². The Balaban J connectivity index is 2.29. The predicted octanol–water partition coefficient (Wildman–Crippen LogP) is 0.389. The zero-order valence-electron chi connectivity index (χ0n) is 9.57. The third-order valence-corrected chi connectivity index (χ3v) is 3.24. The van der Waals surface area contributed by atoms with E-state index in [1.165, 1.54) is 6.92 Å². The molecular weight excluding hydrogens is 192 g/mol. The fourth-order valence-electron chi connectivity index (χ4n) is 2.11. The van der Waals surface area contributed by atoms with Gasteiger partial charge in [-0.05, 0) is 45.4 Å². The maximum absolute atomic E-state index is 11.2. The van der Waals surface area contributed by atoms with Crippen LogP contribution in [0.15, 0.2) is 0 Å². The monoisotopic (exact) mass is 214 g/mol. The molecule has 88 valence electrons. The Morgan fingerprint density at radius 3 is 2.27 bits per heavy atom. The molecule has 0 heterocycles.